The lowest BCUT2D eigenvalue weighted by Gasteiger charge is -2.29. The Hall–Kier alpha value is -0.380. The molecule has 0 spiro atoms. The normalized spacial score (nSPS) is 14.9. The van der Waals surface area contributed by atoms with Gasteiger partial charge in [0.2, 0.25) is 0 Å². The Morgan fingerprint density at radius 3 is 2.73 bits per heavy atom. The first-order valence-corrected chi connectivity index (χ1v) is 6.03. The molecule has 0 bridgehead atoms. The molecule has 2 N–H and O–H groups in total. The van der Waals surface area contributed by atoms with Crippen LogP contribution in [0.5, 0.6) is 0 Å². The second-order valence-corrected chi connectivity index (χ2v) is 4.84. The summed E-state index contributed by atoms with van der Waals surface area (Å²) in [7, 11) is 0. The second-order valence-electron chi connectivity index (χ2n) is 3.93. The van der Waals surface area contributed by atoms with Gasteiger partial charge in [-0.1, -0.05) is 35.0 Å². The molecule has 84 valence electrons. The van der Waals surface area contributed by atoms with E-state index in [4.69, 9.17) is 0 Å². The van der Waals surface area contributed by atoms with Gasteiger partial charge in [-0.2, -0.15) is 0 Å². The van der Waals surface area contributed by atoms with Crippen molar-refractivity contribution in [1.29, 1.82) is 0 Å². The lowest BCUT2D eigenvalue weighted by molar-refractivity contribution is 0.175. The Kier molecular flexibility index (Phi) is 4.77. The van der Waals surface area contributed by atoms with E-state index in [1.165, 1.54) is 0 Å². The van der Waals surface area contributed by atoms with Crippen molar-refractivity contribution >= 4 is 15.9 Å². The molecular formula is C12H18BrNO. The second kappa shape index (κ2) is 5.64. The lowest BCUT2D eigenvalue weighted by Crippen LogP contribution is -2.43. The van der Waals surface area contributed by atoms with Gasteiger partial charge in [-0.25, -0.2) is 0 Å². The highest BCUT2D eigenvalue weighted by atomic mass is 79.9. The number of nitrogens with one attached hydrogen (secondary N) is 1. The molecule has 0 radical (unpaired) electrons. The van der Waals surface area contributed by atoms with Crippen LogP contribution in [0.15, 0.2) is 28.7 Å². The molecule has 3 heteroatoms. The topological polar surface area (TPSA) is 32.3 Å². The summed E-state index contributed by atoms with van der Waals surface area (Å²) in [5.41, 5.74) is 0.757. The number of benzene rings is 1. The highest BCUT2D eigenvalue weighted by Gasteiger charge is 2.24. The maximum absolute atomic E-state index is 9.48. The first-order valence-electron chi connectivity index (χ1n) is 5.24. The molecule has 0 saturated heterocycles. The zero-order valence-corrected chi connectivity index (χ0v) is 10.8. The molecule has 0 fully saturated rings. The summed E-state index contributed by atoms with van der Waals surface area (Å²) in [4.78, 5) is 0. The Bertz CT molecular complexity index is 316. The number of hydrogen-bond donors (Lipinski definition) is 2. The molecule has 1 atom stereocenters. The SMILES string of the molecule is CCCNC(C)(CO)c1cccc(Br)c1. The van der Waals surface area contributed by atoms with E-state index in [1.54, 1.807) is 0 Å². The molecule has 0 aromatic heterocycles. The molecule has 1 unspecified atom stereocenters. The monoisotopic (exact) mass is 271 g/mol. The molecule has 0 aliphatic rings. The van der Waals surface area contributed by atoms with E-state index in [0.29, 0.717) is 0 Å². The highest BCUT2D eigenvalue weighted by molar-refractivity contribution is 9.10. The quantitative estimate of drug-likeness (QED) is 0.863. The van der Waals surface area contributed by atoms with Gasteiger partial charge in [0.05, 0.1) is 12.1 Å². The van der Waals surface area contributed by atoms with Crippen molar-refractivity contribution in [1.82, 2.24) is 5.32 Å². The minimum Gasteiger partial charge on any atom is -0.394 e. The summed E-state index contributed by atoms with van der Waals surface area (Å²) in [6.07, 6.45) is 1.06. The molecule has 0 aliphatic heterocycles. The molecule has 1 aromatic rings. The lowest BCUT2D eigenvalue weighted by atomic mass is 9.93. The summed E-state index contributed by atoms with van der Waals surface area (Å²) in [6, 6.07) is 8.05. The molecule has 0 heterocycles. The average Bonchev–Trinajstić information content (AvgIpc) is 2.26. The van der Waals surface area contributed by atoms with Crippen molar-refractivity contribution in [2.24, 2.45) is 0 Å². The first kappa shape index (κ1) is 12.7. The largest absolute Gasteiger partial charge is 0.394 e. The van der Waals surface area contributed by atoms with Crippen LogP contribution >= 0.6 is 15.9 Å². The number of aliphatic hydroxyl groups excluding tert-OH is 1. The first-order chi connectivity index (χ1) is 7.12. The van der Waals surface area contributed by atoms with E-state index in [2.05, 4.69) is 28.2 Å². The fourth-order valence-electron chi connectivity index (χ4n) is 1.48. The van der Waals surface area contributed by atoms with Crippen molar-refractivity contribution in [3.8, 4) is 0 Å². The van der Waals surface area contributed by atoms with E-state index in [-0.39, 0.29) is 12.1 Å². The fourth-order valence-corrected chi connectivity index (χ4v) is 1.88. The Morgan fingerprint density at radius 1 is 1.47 bits per heavy atom. The van der Waals surface area contributed by atoms with Crippen LogP contribution in [0.4, 0.5) is 0 Å². The molecule has 15 heavy (non-hydrogen) atoms. The molecule has 0 amide bonds. The minimum atomic E-state index is -0.347. The zero-order valence-electron chi connectivity index (χ0n) is 9.26. The van der Waals surface area contributed by atoms with Gasteiger partial charge in [0.25, 0.3) is 0 Å². The summed E-state index contributed by atoms with van der Waals surface area (Å²) < 4.78 is 1.04. The Labute approximate surface area is 99.8 Å². The molecule has 1 aromatic carbocycles. The zero-order chi connectivity index (χ0) is 11.3. The van der Waals surface area contributed by atoms with Gasteiger partial charge in [0.15, 0.2) is 0 Å². The fraction of sp³-hybridized carbons (Fsp3) is 0.500. The van der Waals surface area contributed by atoms with E-state index in [0.717, 1.165) is 23.0 Å². The molecular weight excluding hydrogens is 254 g/mol. The van der Waals surface area contributed by atoms with Gasteiger partial charge in [-0.3, -0.25) is 0 Å². The van der Waals surface area contributed by atoms with Crippen LogP contribution in [0.25, 0.3) is 0 Å². The van der Waals surface area contributed by atoms with Crippen LogP contribution in [0.3, 0.4) is 0 Å². The smallest absolute Gasteiger partial charge is 0.0652 e. The average molecular weight is 272 g/mol. The predicted molar refractivity (Wildman–Crippen MR) is 66.9 cm³/mol. The van der Waals surface area contributed by atoms with Crippen molar-refractivity contribution in [3.05, 3.63) is 34.3 Å². The predicted octanol–water partition coefficient (Wildman–Crippen LogP) is 2.66. The van der Waals surface area contributed by atoms with Gasteiger partial charge in [0, 0.05) is 4.47 Å². The minimum absolute atomic E-state index is 0.101. The van der Waals surface area contributed by atoms with Gasteiger partial charge in [-0.15, -0.1) is 0 Å². The maximum atomic E-state index is 9.48. The summed E-state index contributed by atoms with van der Waals surface area (Å²) in [6.45, 7) is 5.14. The van der Waals surface area contributed by atoms with E-state index in [9.17, 15) is 5.11 Å². The van der Waals surface area contributed by atoms with Crippen molar-refractivity contribution in [2.45, 2.75) is 25.8 Å². The van der Waals surface area contributed by atoms with Crippen molar-refractivity contribution in [2.75, 3.05) is 13.2 Å². The van der Waals surface area contributed by atoms with Gasteiger partial charge in [0.1, 0.15) is 0 Å². The Balaban J connectivity index is 2.89. The van der Waals surface area contributed by atoms with Crippen LogP contribution in [-0.4, -0.2) is 18.3 Å². The van der Waals surface area contributed by atoms with E-state index >= 15 is 0 Å². The molecule has 2 nitrogen and oxygen atoms in total. The summed E-state index contributed by atoms with van der Waals surface area (Å²) in [5, 5.41) is 12.8. The van der Waals surface area contributed by atoms with Crippen LogP contribution < -0.4 is 5.32 Å². The highest BCUT2D eigenvalue weighted by Crippen LogP contribution is 2.23. The standard InChI is InChI=1S/C12H18BrNO/c1-3-7-14-12(2,9-15)10-5-4-6-11(13)8-10/h4-6,8,14-15H,3,7,9H2,1-2H3. The van der Waals surface area contributed by atoms with E-state index < -0.39 is 0 Å². The third-order valence-electron chi connectivity index (χ3n) is 2.54. The number of aliphatic hydroxyl groups is 1. The van der Waals surface area contributed by atoms with Crippen LogP contribution in [-0.2, 0) is 5.54 Å². The molecule has 0 saturated carbocycles. The van der Waals surface area contributed by atoms with Crippen LogP contribution in [0.1, 0.15) is 25.8 Å². The van der Waals surface area contributed by atoms with Crippen molar-refractivity contribution < 1.29 is 5.11 Å². The van der Waals surface area contributed by atoms with E-state index in [1.807, 2.05) is 31.2 Å². The third kappa shape index (κ3) is 3.30. The van der Waals surface area contributed by atoms with Crippen molar-refractivity contribution in [3.63, 3.8) is 0 Å². The molecule has 1 rings (SSSR count). The Morgan fingerprint density at radius 2 is 2.20 bits per heavy atom. The summed E-state index contributed by atoms with van der Waals surface area (Å²) >= 11 is 3.44. The summed E-state index contributed by atoms with van der Waals surface area (Å²) in [5.74, 6) is 0. The van der Waals surface area contributed by atoms with Crippen LogP contribution in [0, 0.1) is 0 Å². The number of halogens is 1. The van der Waals surface area contributed by atoms with Crippen LogP contribution in [0.2, 0.25) is 0 Å². The maximum Gasteiger partial charge on any atom is 0.0652 e. The number of hydrogen-bond acceptors (Lipinski definition) is 2. The number of rotatable bonds is 5. The van der Waals surface area contributed by atoms with Gasteiger partial charge >= 0.3 is 0 Å². The molecule has 0 aliphatic carbocycles. The third-order valence-corrected chi connectivity index (χ3v) is 3.04. The van der Waals surface area contributed by atoms with Gasteiger partial charge in [-0.05, 0) is 37.6 Å². The van der Waals surface area contributed by atoms with Gasteiger partial charge < -0.3 is 10.4 Å².